The average Bonchev–Trinajstić information content (AvgIpc) is 1.69. The van der Waals surface area contributed by atoms with Crippen molar-refractivity contribution in [2.24, 2.45) is 0 Å². The van der Waals surface area contributed by atoms with Crippen LogP contribution < -0.4 is 0 Å². The first-order valence-electron chi connectivity index (χ1n) is 1.96. The van der Waals surface area contributed by atoms with Gasteiger partial charge in [-0.15, -0.1) is 0 Å². The molecule has 34 valence electrons. The van der Waals surface area contributed by atoms with E-state index in [1.54, 1.807) is 7.05 Å². The molecular weight excluding hydrogens is 153 g/mol. The molecule has 0 aliphatic carbocycles. The number of aromatic nitrogens is 1. The van der Waals surface area contributed by atoms with E-state index in [0.717, 1.165) is 4.60 Å². The van der Waals surface area contributed by atoms with Crippen molar-refractivity contribution in [1.29, 1.82) is 0 Å². The van der Waals surface area contributed by atoms with Crippen LogP contribution in [0.4, 0.5) is 0 Å². The summed E-state index contributed by atoms with van der Waals surface area (Å²) in [5.74, 6) is 1.88. The van der Waals surface area contributed by atoms with Crippen LogP contribution in [-0.2, 0) is 0 Å². The van der Waals surface area contributed by atoms with Gasteiger partial charge in [-0.1, -0.05) is 0 Å². The molecule has 1 aromatic rings. The van der Waals surface area contributed by atoms with Crippen LogP contribution in [0.15, 0.2) is 22.7 Å². The fourth-order valence-electron chi connectivity index (χ4n) is 0.342. The van der Waals surface area contributed by atoms with E-state index in [-0.39, 0.29) is 0 Å². The zero-order chi connectivity index (χ0) is 5.11. The molecule has 1 heterocycles. The minimum absolute atomic E-state index is 0.884. The van der Waals surface area contributed by atoms with E-state index in [4.69, 9.17) is 0 Å². The Kier molecular flexibility index (Phi) is 1.57. The molecule has 0 radical (unpaired) electrons. The Morgan fingerprint density at radius 3 is 2.86 bits per heavy atom. The summed E-state index contributed by atoms with van der Waals surface area (Å²) in [5, 5.41) is 0. The van der Waals surface area contributed by atoms with Gasteiger partial charge >= 0.3 is 50.6 Å². The molecule has 1 rings (SSSR count). The molecule has 0 atom stereocenters. The van der Waals surface area contributed by atoms with E-state index >= 15 is 0 Å². The van der Waals surface area contributed by atoms with Crippen LogP contribution in [-0.4, -0.2) is 11.9 Å². The predicted octanol–water partition coefficient (Wildman–Crippen LogP) is 1.18. The van der Waals surface area contributed by atoms with Crippen molar-refractivity contribution >= 4 is 23.0 Å². The van der Waals surface area contributed by atoms with Crippen molar-refractivity contribution < 1.29 is 0 Å². The Morgan fingerprint density at radius 2 is 2.57 bits per heavy atom. The van der Waals surface area contributed by atoms with Gasteiger partial charge in [0.15, 0.2) is 0 Å². The fraction of sp³-hybridized carbons (Fsp3) is 0. The van der Waals surface area contributed by atoms with E-state index < -0.39 is 0 Å². The molecule has 1 aromatic heterocycles. The Hall–Kier alpha value is -0.175. The van der Waals surface area contributed by atoms with Crippen molar-refractivity contribution in [2.45, 2.75) is 0 Å². The van der Waals surface area contributed by atoms with Crippen molar-refractivity contribution in [1.82, 2.24) is 4.89 Å². The zero-order valence-corrected chi connectivity index (χ0v) is 5.22. The molecule has 0 spiro atoms. The van der Waals surface area contributed by atoms with Gasteiger partial charge in [0.2, 0.25) is 0 Å². The first kappa shape index (κ1) is 4.97. The van der Waals surface area contributed by atoms with Crippen molar-refractivity contribution in [3.63, 3.8) is 0 Å². The van der Waals surface area contributed by atoms with Crippen LogP contribution in [0.1, 0.15) is 0 Å². The summed E-state index contributed by atoms with van der Waals surface area (Å²) >= 11 is 3.20. The molecule has 0 fully saturated rings. The van der Waals surface area contributed by atoms with Gasteiger partial charge in [0.05, 0.1) is 0 Å². The summed E-state index contributed by atoms with van der Waals surface area (Å²) in [7, 11) is 1.74. The standard InChI is InChI=1S/C4H3BBrN/c6-4-2-1-3-5-7-4/h1-3H. The third-order valence-electron chi connectivity index (χ3n) is 0.629. The molecule has 0 N–H and O–H groups in total. The second-order valence-corrected chi connectivity index (χ2v) is 1.96. The maximum atomic E-state index is 3.90. The van der Waals surface area contributed by atoms with Gasteiger partial charge in [-0.2, -0.15) is 0 Å². The number of hydrogen-bond acceptors (Lipinski definition) is 1. The van der Waals surface area contributed by atoms with Gasteiger partial charge in [-0.3, -0.25) is 0 Å². The molecule has 0 unspecified atom stereocenters. The first-order chi connectivity index (χ1) is 3.39. The van der Waals surface area contributed by atoms with Gasteiger partial charge in [0.1, 0.15) is 0 Å². The minimum atomic E-state index is 0.884. The van der Waals surface area contributed by atoms with E-state index in [0.29, 0.717) is 0 Å². The zero-order valence-electron chi connectivity index (χ0n) is 3.63. The summed E-state index contributed by atoms with van der Waals surface area (Å²) in [4.78, 5) is 3.90. The van der Waals surface area contributed by atoms with Gasteiger partial charge in [0, 0.05) is 0 Å². The second-order valence-electron chi connectivity index (χ2n) is 1.15. The third kappa shape index (κ3) is 1.39. The molecule has 0 aliphatic rings. The molecule has 0 saturated heterocycles. The molecule has 0 saturated carbocycles. The predicted molar refractivity (Wildman–Crippen MR) is 33.3 cm³/mol. The molecule has 0 aliphatic heterocycles. The van der Waals surface area contributed by atoms with Crippen LogP contribution in [0.3, 0.4) is 0 Å². The monoisotopic (exact) mass is 155 g/mol. The maximum absolute atomic E-state index is 3.90. The average molecular weight is 156 g/mol. The van der Waals surface area contributed by atoms with Crippen molar-refractivity contribution in [3.8, 4) is 0 Å². The van der Waals surface area contributed by atoms with Crippen molar-refractivity contribution in [3.05, 3.63) is 22.7 Å². The summed E-state index contributed by atoms with van der Waals surface area (Å²) < 4.78 is 0.884. The Balaban J connectivity index is 3.02. The number of halogens is 1. The summed E-state index contributed by atoms with van der Waals surface area (Å²) in [5.41, 5.74) is 0. The third-order valence-corrected chi connectivity index (χ3v) is 1.10. The van der Waals surface area contributed by atoms with Crippen LogP contribution in [0.5, 0.6) is 0 Å². The quantitative estimate of drug-likeness (QED) is 0.549. The van der Waals surface area contributed by atoms with E-state index in [9.17, 15) is 0 Å². The van der Waals surface area contributed by atoms with Crippen LogP contribution >= 0.6 is 15.9 Å². The van der Waals surface area contributed by atoms with Crippen LogP contribution in [0.25, 0.3) is 0 Å². The normalized spacial score (nSPS) is 8.14. The Morgan fingerprint density at radius 1 is 1.71 bits per heavy atom. The number of rotatable bonds is 0. The van der Waals surface area contributed by atoms with E-state index in [2.05, 4.69) is 20.8 Å². The molecule has 0 aromatic carbocycles. The Bertz CT molecular complexity index is 142. The number of hydrogen-bond donors (Lipinski definition) is 0. The topological polar surface area (TPSA) is 12.9 Å². The second kappa shape index (κ2) is 2.21. The van der Waals surface area contributed by atoms with E-state index in [1.807, 2.05) is 18.1 Å². The van der Waals surface area contributed by atoms with Crippen LogP contribution in [0, 0.1) is 0 Å². The molecule has 0 bridgehead atoms. The van der Waals surface area contributed by atoms with Gasteiger partial charge in [-0.05, 0) is 0 Å². The molecule has 3 heteroatoms. The van der Waals surface area contributed by atoms with E-state index in [1.165, 1.54) is 0 Å². The molecule has 7 heavy (non-hydrogen) atoms. The summed E-state index contributed by atoms with van der Waals surface area (Å²) in [6, 6.07) is 3.82. The Labute approximate surface area is 51.1 Å². The fourth-order valence-corrected chi connectivity index (χ4v) is 0.613. The SMILES string of the molecule is Brc1cccbn1. The van der Waals surface area contributed by atoms with Gasteiger partial charge in [-0.25, -0.2) is 0 Å². The first-order valence-corrected chi connectivity index (χ1v) is 2.75. The summed E-state index contributed by atoms with van der Waals surface area (Å²) in [6.45, 7) is 0. The van der Waals surface area contributed by atoms with Crippen molar-refractivity contribution in [2.75, 3.05) is 0 Å². The molecule has 1 nitrogen and oxygen atoms in total. The van der Waals surface area contributed by atoms with Gasteiger partial charge in [0.25, 0.3) is 0 Å². The summed E-state index contributed by atoms with van der Waals surface area (Å²) in [6.07, 6.45) is 0. The van der Waals surface area contributed by atoms with Gasteiger partial charge < -0.3 is 0 Å². The molecule has 0 amide bonds. The van der Waals surface area contributed by atoms with Crippen LogP contribution in [0.2, 0.25) is 0 Å². The number of nitrogens with zero attached hydrogens (tertiary/aromatic N) is 1. The molecular formula is C4H3BBrN.